The van der Waals surface area contributed by atoms with E-state index in [1.54, 1.807) is 0 Å². The van der Waals surface area contributed by atoms with Crippen LogP contribution in [0.1, 0.15) is 51.0 Å². The van der Waals surface area contributed by atoms with E-state index in [0.29, 0.717) is 6.61 Å². The van der Waals surface area contributed by atoms with Crippen LogP contribution in [0.3, 0.4) is 0 Å². The maximum absolute atomic E-state index is 11.1. The Labute approximate surface area is 159 Å². The van der Waals surface area contributed by atoms with Gasteiger partial charge >= 0.3 is 0 Å². The molecular formula is C23H35NO2. The van der Waals surface area contributed by atoms with Gasteiger partial charge in [-0.25, -0.2) is 0 Å². The molecule has 0 aliphatic heterocycles. The normalized spacial score (nSPS) is 19.0. The zero-order chi connectivity index (χ0) is 18.8. The quantitative estimate of drug-likeness (QED) is 0.503. The first-order chi connectivity index (χ1) is 12.5. The molecule has 3 heteroatoms. The van der Waals surface area contributed by atoms with Crippen molar-refractivity contribution in [1.29, 1.82) is 0 Å². The predicted octanol–water partition coefficient (Wildman–Crippen LogP) is 4.93. The molecule has 1 fully saturated rings. The van der Waals surface area contributed by atoms with Crippen LogP contribution in [0.5, 0.6) is 0 Å². The molecule has 0 bridgehead atoms. The Morgan fingerprint density at radius 3 is 2.50 bits per heavy atom. The lowest BCUT2D eigenvalue weighted by Gasteiger charge is -2.40. The topological polar surface area (TPSA) is 32.7 Å². The van der Waals surface area contributed by atoms with Crippen molar-refractivity contribution in [3.05, 3.63) is 59.9 Å². The highest BCUT2D eigenvalue weighted by Gasteiger charge is 2.37. The largest absolute Gasteiger partial charge is 0.489 e. The van der Waals surface area contributed by atoms with Crippen LogP contribution in [0.25, 0.3) is 0 Å². The van der Waals surface area contributed by atoms with E-state index in [-0.39, 0.29) is 5.92 Å². The molecule has 3 nitrogen and oxygen atoms in total. The van der Waals surface area contributed by atoms with Gasteiger partial charge in [-0.3, -0.25) is 0 Å². The van der Waals surface area contributed by atoms with Crippen molar-refractivity contribution in [2.24, 2.45) is 5.92 Å². The molecule has 1 saturated carbocycles. The van der Waals surface area contributed by atoms with Crippen LogP contribution in [0.2, 0.25) is 0 Å². The summed E-state index contributed by atoms with van der Waals surface area (Å²) in [6.07, 6.45) is 12.5. The van der Waals surface area contributed by atoms with Crippen molar-refractivity contribution in [3.63, 3.8) is 0 Å². The van der Waals surface area contributed by atoms with Crippen molar-refractivity contribution in [1.82, 2.24) is 4.90 Å². The average Bonchev–Trinajstić information content (AvgIpc) is 2.64. The van der Waals surface area contributed by atoms with Gasteiger partial charge in [0.05, 0.1) is 5.60 Å². The first-order valence-corrected chi connectivity index (χ1v) is 9.90. The fourth-order valence-electron chi connectivity index (χ4n) is 3.79. The Kier molecular flexibility index (Phi) is 8.40. The second-order valence-corrected chi connectivity index (χ2v) is 7.73. The summed E-state index contributed by atoms with van der Waals surface area (Å²) in [5, 5.41) is 11.1. The minimum atomic E-state index is -0.520. The molecule has 144 valence electrons. The zero-order valence-corrected chi connectivity index (χ0v) is 16.7. The molecule has 1 aliphatic carbocycles. The summed E-state index contributed by atoms with van der Waals surface area (Å²) in [5.41, 5.74) is 0.649. The van der Waals surface area contributed by atoms with E-state index in [1.165, 1.54) is 12.0 Å². The van der Waals surface area contributed by atoms with Gasteiger partial charge in [0.15, 0.2) is 0 Å². The molecule has 1 N–H and O–H groups in total. The molecule has 1 aromatic rings. The summed E-state index contributed by atoms with van der Waals surface area (Å²) in [7, 11) is 4.17. The SMILES string of the molecule is C/C=C(\C=C/CC(CN(C)C)C1(O)CCCCC1)OCc1ccccc1. The monoisotopic (exact) mass is 357 g/mol. The van der Waals surface area contributed by atoms with Crippen molar-refractivity contribution in [3.8, 4) is 0 Å². The molecule has 1 atom stereocenters. The number of allylic oxidation sites excluding steroid dienone is 3. The number of nitrogens with zero attached hydrogens (tertiary/aromatic N) is 1. The van der Waals surface area contributed by atoms with Gasteiger partial charge in [-0.15, -0.1) is 0 Å². The first kappa shape index (κ1) is 20.7. The third-order valence-corrected chi connectivity index (χ3v) is 5.30. The van der Waals surface area contributed by atoms with E-state index < -0.39 is 5.60 Å². The van der Waals surface area contributed by atoms with Gasteiger partial charge < -0.3 is 14.7 Å². The fraction of sp³-hybridized carbons (Fsp3) is 0.565. The number of aliphatic hydroxyl groups is 1. The Bertz CT molecular complexity index is 571. The minimum absolute atomic E-state index is 0.265. The molecule has 26 heavy (non-hydrogen) atoms. The molecule has 0 heterocycles. The van der Waals surface area contributed by atoms with Gasteiger partial charge in [0.1, 0.15) is 12.4 Å². The Hall–Kier alpha value is -1.58. The van der Waals surface area contributed by atoms with E-state index in [9.17, 15) is 5.11 Å². The summed E-state index contributed by atoms with van der Waals surface area (Å²) < 4.78 is 5.91. The standard InChI is InChI=1S/C23H35NO2/c1-4-22(26-19-20-12-7-5-8-13-20)15-11-14-21(18-24(2)3)23(25)16-9-6-10-17-23/h4-5,7-8,11-13,15,21,25H,6,9-10,14,16-19H2,1-3H3/b15-11-,22-4+. The van der Waals surface area contributed by atoms with Crippen LogP contribution >= 0.6 is 0 Å². The molecule has 0 amide bonds. The Balaban J connectivity index is 1.92. The summed E-state index contributed by atoms with van der Waals surface area (Å²) >= 11 is 0. The second kappa shape index (κ2) is 10.5. The third kappa shape index (κ3) is 6.62. The van der Waals surface area contributed by atoms with Crippen molar-refractivity contribution in [2.75, 3.05) is 20.6 Å². The molecule has 0 radical (unpaired) electrons. The number of benzene rings is 1. The van der Waals surface area contributed by atoms with Gasteiger partial charge in [-0.05, 0) is 58.0 Å². The summed E-state index contributed by atoms with van der Waals surface area (Å²) in [4.78, 5) is 2.19. The number of ether oxygens (including phenoxy) is 1. The molecule has 0 spiro atoms. The average molecular weight is 358 g/mol. The van der Waals surface area contributed by atoms with Gasteiger partial charge in [-0.1, -0.05) is 55.7 Å². The van der Waals surface area contributed by atoms with Gasteiger partial charge in [0.2, 0.25) is 0 Å². The van der Waals surface area contributed by atoms with Crippen LogP contribution in [-0.4, -0.2) is 36.2 Å². The lowest BCUT2D eigenvalue weighted by molar-refractivity contribution is -0.0551. The number of hydrogen-bond acceptors (Lipinski definition) is 3. The van der Waals surface area contributed by atoms with E-state index in [4.69, 9.17) is 4.74 Å². The summed E-state index contributed by atoms with van der Waals surface area (Å²) in [5.74, 6) is 1.15. The summed E-state index contributed by atoms with van der Waals surface area (Å²) in [6.45, 7) is 3.49. The van der Waals surface area contributed by atoms with Crippen LogP contribution in [0, 0.1) is 5.92 Å². The minimum Gasteiger partial charge on any atom is -0.489 e. The lowest BCUT2D eigenvalue weighted by Crippen LogP contribution is -2.44. The summed E-state index contributed by atoms with van der Waals surface area (Å²) in [6, 6.07) is 10.2. The Morgan fingerprint density at radius 1 is 1.19 bits per heavy atom. The molecule has 1 aromatic carbocycles. The predicted molar refractivity (Wildman–Crippen MR) is 109 cm³/mol. The van der Waals surface area contributed by atoms with Gasteiger partial charge in [0.25, 0.3) is 0 Å². The van der Waals surface area contributed by atoms with Crippen LogP contribution < -0.4 is 0 Å². The van der Waals surface area contributed by atoms with E-state index >= 15 is 0 Å². The van der Waals surface area contributed by atoms with Crippen LogP contribution in [0.4, 0.5) is 0 Å². The van der Waals surface area contributed by atoms with Crippen LogP contribution in [0.15, 0.2) is 54.3 Å². The fourth-order valence-corrected chi connectivity index (χ4v) is 3.79. The van der Waals surface area contributed by atoms with E-state index in [2.05, 4.69) is 43.3 Å². The third-order valence-electron chi connectivity index (χ3n) is 5.30. The molecule has 1 aliphatic rings. The smallest absolute Gasteiger partial charge is 0.115 e. The van der Waals surface area contributed by atoms with Gasteiger partial charge in [0, 0.05) is 12.5 Å². The molecule has 1 unspecified atom stereocenters. The highest BCUT2D eigenvalue weighted by Crippen LogP contribution is 2.36. The maximum Gasteiger partial charge on any atom is 0.115 e. The Morgan fingerprint density at radius 2 is 1.88 bits per heavy atom. The highest BCUT2D eigenvalue weighted by molar-refractivity contribution is 5.16. The second-order valence-electron chi connectivity index (χ2n) is 7.73. The maximum atomic E-state index is 11.1. The van der Waals surface area contributed by atoms with Crippen molar-refractivity contribution < 1.29 is 9.84 Å². The van der Waals surface area contributed by atoms with E-state index in [0.717, 1.165) is 44.4 Å². The van der Waals surface area contributed by atoms with E-state index in [1.807, 2.05) is 31.2 Å². The molecule has 0 aromatic heterocycles. The van der Waals surface area contributed by atoms with Crippen molar-refractivity contribution >= 4 is 0 Å². The molecule has 2 rings (SSSR count). The lowest BCUT2D eigenvalue weighted by atomic mass is 9.74. The van der Waals surface area contributed by atoms with Gasteiger partial charge in [-0.2, -0.15) is 0 Å². The number of rotatable bonds is 9. The number of hydrogen-bond donors (Lipinski definition) is 1. The molecular weight excluding hydrogens is 322 g/mol. The zero-order valence-electron chi connectivity index (χ0n) is 16.7. The highest BCUT2D eigenvalue weighted by atomic mass is 16.5. The molecule has 0 saturated heterocycles. The van der Waals surface area contributed by atoms with Crippen LogP contribution in [-0.2, 0) is 11.3 Å². The first-order valence-electron chi connectivity index (χ1n) is 9.90. The van der Waals surface area contributed by atoms with Crippen molar-refractivity contribution in [2.45, 2.75) is 57.7 Å².